The normalized spacial score (nSPS) is 11.9. The van der Waals surface area contributed by atoms with E-state index in [4.69, 9.17) is 0 Å². The van der Waals surface area contributed by atoms with Gasteiger partial charge in [-0.15, -0.1) is 20.5 Å². The fraction of sp³-hybridized carbons (Fsp3) is 0.333. The molecule has 0 fully saturated rings. The second-order valence-corrected chi connectivity index (χ2v) is 8.95. The maximum atomic E-state index is 12.1. The molecule has 2 heterocycles. The summed E-state index contributed by atoms with van der Waals surface area (Å²) in [6.45, 7) is 0. The molecule has 0 atom stereocenters. The zero-order valence-corrected chi connectivity index (χ0v) is 21.0. The van der Waals surface area contributed by atoms with Crippen LogP contribution in [0, 0.1) is 0 Å². The minimum Gasteiger partial charge on any atom is -0.493 e. The van der Waals surface area contributed by atoms with Crippen LogP contribution in [-0.2, 0) is 23.7 Å². The highest BCUT2D eigenvalue weighted by Crippen LogP contribution is 2.38. The van der Waals surface area contributed by atoms with E-state index in [0.29, 0.717) is 24.2 Å². The van der Waals surface area contributed by atoms with Gasteiger partial charge in [-0.3, -0.25) is 9.59 Å². The maximum absolute atomic E-state index is 12.1. The molecule has 0 spiro atoms. The Morgan fingerprint density at radius 3 is 1.46 bits per heavy atom. The van der Waals surface area contributed by atoms with Crippen LogP contribution in [-0.4, -0.2) is 31.2 Å². The van der Waals surface area contributed by atoms with Crippen LogP contribution in [0.25, 0.3) is 21.8 Å². The van der Waals surface area contributed by atoms with Crippen LogP contribution in [0.15, 0.2) is 69.0 Å². The molecule has 192 valence electrons. The number of fused-ring (bicyclic) bond motifs is 2. The SMILES string of the molecule is Cn1c(O)c(N=NC(=O)CCCCCCCC(=O)N=Nc2c(O)n(C)c3ccccc23)c2ccccc21. The van der Waals surface area contributed by atoms with Gasteiger partial charge in [-0.1, -0.05) is 55.7 Å². The molecule has 0 unspecified atom stereocenters. The van der Waals surface area contributed by atoms with Gasteiger partial charge in [-0.2, -0.15) is 0 Å². The Morgan fingerprint density at radius 1 is 0.649 bits per heavy atom. The van der Waals surface area contributed by atoms with E-state index >= 15 is 0 Å². The van der Waals surface area contributed by atoms with Crippen molar-refractivity contribution in [2.75, 3.05) is 0 Å². The molecule has 4 rings (SSSR count). The highest BCUT2D eigenvalue weighted by Gasteiger charge is 2.15. The zero-order valence-electron chi connectivity index (χ0n) is 21.0. The first-order valence-corrected chi connectivity index (χ1v) is 12.3. The number of benzene rings is 2. The van der Waals surface area contributed by atoms with Crippen molar-refractivity contribution in [3.63, 3.8) is 0 Å². The summed E-state index contributed by atoms with van der Waals surface area (Å²) in [6, 6.07) is 14.8. The number of aromatic hydroxyl groups is 2. The Bertz CT molecular complexity index is 1390. The van der Waals surface area contributed by atoms with Crippen LogP contribution in [0.3, 0.4) is 0 Å². The summed E-state index contributed by atoms with van der Waals surface area (Å²) in [4.78, 5) is 24.2. The highest BCUT2D eigenvalue weighted by atomic mass is 16.3. The largest absolute Gasteiger partial charge is 0.493 e. The van der Waals surface area contributed by atoms with E-state index in [9.17, 15) is 19.8 Å². The molecule has 2 aromatic heterocycles. The first-order chi connectivity index (χ1) is 17.9. The Labute approximate surface area is 214 Å². The van der Waals surface area contributed by atoms with Gasteiger partial charge in [0.2, 0.25) is 11.8 Å². The number of hydrogen-bond donors (Lipinski definition) is 2. The minimum absolute atomic E-state index is 0.0271. The van der Waals surface area contributed by atoms with Gasteiger partial charge in [0.25, 0.3) is 11.8 Å². The molecule has 0 radical (unpaired) electrons. The average Bonchev–Trinajstić information content (AvgIpc) is 3.30. The molecule has 0 aliphatic carbocycles. The van der Waals surface area contributed by atoms with Gasteiger partial charge >= 0.3 is 0 Å². The number of carbonyl (C=O) groups is 2. The average molecular weight is 503 g/mol. The quantitative estimate of drug-likeness (QED) is 0.183. The fourth-order valence-electron chi connectivity index (χ4n) is 4.31. The summed E-state index contributed by atoms with van der Waals surface area (Å²) in [6.07, 6.45) is 4.44. The molecule has 0 saturated carbocycles. The van der Waals surface area contributed by atoms with Gasteiger partial charge in [0.1, 0.15) is 0 Å². The number of aromatic nitrogens is 2. The second kappa shape index (κ2) is 11.6. The monoisotopic (exact) mass is 502 g/mol. The smallest absolute Gasteiger partial charge is 0.264 e. The third-order valence-corrected chi connectivity index (χ3v) is 6.40. The van der Waals surface area contributed by atoms with Crippen LogP contribution in [0.1, 0.15) is 44.9 Å². The number of nitrogens with zero attached hydrogens (tertiary/aromatic N) is 6. The molecule has 0 bridgehead atoms. The number of para-hydroxylation sites is 2. The van der Waals surface area contributed by atoms with Gasteiger partial charge in [-0.05, 0) is 25.0 Å². The third-order valence-electron chi connectivity index (χ3n) is 6.40. The number of unbranched alkanes of at least 4 members (excludes halogenated alkanes) is 4. The van der Waals surface area contributed by atoms with Crippen LogP contribution in [0.5, 0.6) is 11.8 Å². The van der Waals surface area contributed by atoms with E-state index in [0.717, 1.165) is 41.1 Å². The molecular formula is C27H30N6O4. The topological polar surface area (TPSA) is 134 Å². The number of carbonyl (C=O) groups excluding carboxylic acids is 2. The lowest BCUT2D eigenvalue weighted by Crippen LogP contribution is -1.93. The van der Waals surface area contributed by atoms with Crippen molar-refractivity contribution in [1.29, 1.82) is 0 Å². The molecule has 2 amide bonds. The first kappa shape index (κ1) is 25.7. The lowest BCUT2D eigenvalue weighted by Gasteiger charge is -1.99. The number of amides is 2. The second-order valence-electron chi connectivity index (χ2n) is 8.95. The van der Waals surface area contributed by atoms with E-state index < -0.39 is 0 Å². The Morgan fingerprint density at radius 2 is 1.03 bits per heavy atom. The summed E-state index contributed by atoms with van der Waals surface area (Å²) < 4.78 is 3.21. The molecule has 0 saturated heterocycles. The van der Waals surface area contributed by atoms with Crippen molar-refractivity contribution in [3.05, 3.63) is 48.5 Å². The van der Waals surface area contributed by atoms with E-state index in [1.807, 2.05) is 48.5 Å². The molecule has 2 N–H and O–H groups in total. The van der Waals surface area contributed by atoms with E-state index in [1.165, 1.54) is 0 Å². The standard InChI is InChI=1S/C27H30N6O4/c1-32-20-14-10-8-12-18(20)24(26(32)36)30-28-22(34)16-6-4-3-5-7-17-23(35)29-31-25-19-13-9-11-15-21(19)33(2)27(25)37/h8-15,36-37H,3-7,16-17H2,1-2H3. The molecule has 0 aliphatic heterocycles. The summed E-state index contributed by atoms with van der Waals surface area (Å²) >= 11 is 0. The molecular weight excluding hydrogens is 472 g/mol. The van der Waals surface area contributed by atoms with Crippen LogP contribution >= 0.6 is 0 Å². The Balaban J connectivity index is 1.15. The van der Waals surface area contributed by atoms with Crippen molar-refractivity contribution >= 4 is 45.0 Å². The van der Waals surface area contributed by atoms with Gasteiger partial charge < -0.3 is 19.3 Å². The Hall–Kier alpha value is -4.34. The molecule has 10 heteroatoms. The van der Waals surface area contributed by atoms with Gasteiger partial charge in [-0.25, -0.2) is 0 Å². The molecule has 2 aromatic carbocycles. The third kappa shape index (κ3) is 5.74. The first-order valence-electron chi connectivity index (χ1n) is 12.3. The van der Waals surface area contributed by atoms with Crippen molar-refractivity contribution in [2.45, 2.75) is 44.9 Å². The van der Waals surface area contributed by atoms with E-state index in [-0.39, 0.29) is 36.4 Å². The maximum Gasteiger partial charge on any atom is 0.264 e. The summed E-state index contributed by atoms with van der Waals surface area (Å²) in [5.41, 5.74) is 2.22. The van der Waals surface area contributed by atoms with Crippen molar-refractivity contribution < 1.29 is 19.8 Å². The fourth-order valence-corrected chi connectivity index (χ4v) is 4.31. The van der Waals surface area contributed by atoms with Crippen molar-refractivity contribution in [3.8, 4) is 11.8 Å². The highest BCUT2D eigenvalue weighted by molar-refractivity contribution is 5.96. The number of azo groups is 2. The molecule has 0 aliphatic rings. The number of hydrogen-bond acceptors (Lipinski definition) is 6. The van der Waals surface area contributed by atoms with Crippen LogP contribution in [0.4, 0.5) is 11.4 Å². The van der Waals surface area contributed by atoms with Crippen LogP contribution < -0.4 is 0 Å². The Kier molecular flexibility index (Phi) is 8.07. The predicted molar refractivity (Wildman–Crippen MR) is 141 cm³/mol. The summed E-state index contributed by atoms with van der Waals surface area (Å²) in [5.74, 6) is -0.722. The molecule has 37 heavy (non-hydrogen) atoms. The minimum atomic E-state index is -0.334. The zero-order chi connectivity index (χ0) is 26.4. The number of aryl methyl sites for hydroxylation is 2. The van der Waals surface area contributed by atoms with Gasteiger partial charge in [0, 0.05) is 37.7 Å². The molecule has 4 aromatic rings. The van der Waals surface area contributed by atoms with Crippen molar-refractivity contribution in [2.24, 2.45) is 34.6 Å². The lowest BCUT2D eigenvalue weighted by molar-refractivity contribution is -0.119. The van der Waals surface area contributed by atoms with Gasteiger partial charge in [0.15, 0.2) is 11.4 Å². The van der Waals surface area contributed by atoms with E-state index in [1.54, 1.807) is 23.2 Å². The van der Waals surface area contributed by atoms with Crippen molar-refractivity contribution in [1.82, 2.24) is 9.13 Å². The number of rotatable bonds is 10. The molecule has 10 nitrogen and oxygen atoms in total. The summed E-state index contributed by atoms with van der Waals surface area (Å²) in [7, 11) is 3.45. The lowest BCUT2D eigenvalue weighted by atomic mass is 10.1. The van der Waals surface area contributed by atoms with E-state index in [2.05, 4.69) is 20.5 Å². The predicted octanol–water partition coefficient (Wildman–Crippen LogP) is 6.73. The van der Waals surface area contributed by atoms with Gasteiger partial charge in [0.05, 0.1) is 11.0 Å². The van der Waals surface area contributed by atoms with Crippen LogP contribution in [0.2, 0.25) is 0 Å². The summed E-state index contributed by atoms with van der Waals surface area (Å²) in [5, 5.41) is 37.5.